The van der Waals surface area contributed by atoms with Crippen LogP contribution in [0.4, 0.5) is 4.79 Å². The second kappa shape index (κ2) is 23.7. The van der Waals surface area contributed by atoms with Gasteiger partial charge < -0.3 is 42.1 Å². The van der Waals surface area contributed by atoms with Gasteiger partial charge in [-0.15, -0.1) is 13.1 Å². The van der Waals surface area contributed by atoms with Gasteiger partial charge in [0, 0.05) is 28.1 Å². The van der Waals surface area contributed by atoms with E-state index in [1.165, 1.54) is 25.7 Å². The molecule has 1 aliphatic heterocycles. The van der Waals surface area contributed by atoms with Gasteiger partial charge in [0.1, 0.15) is 0 Å². The molecule has 2 saturated carbocycles. The Bertz CT molecular complexity index is 1050. The standard InChI is InChI=1S/C33H53N7O4S.2ClH.Mn/c1-3-4-9-23(16-22(2)32(42)43)31(41)38-21-39-33(44)45-26-17-24-19-36-29-12-7-5-10-27(29)34-14-15-35-28-11-6-8-13-30(28)37-20-25(18-26)40-24;;;/h17-18,22-23,27-30,32,42-43H,3-16,19-21H2,1-2H3,(H,38,41)(H,39,44);2*1H;/q-4;;;+2/p-2/t22?,23?,27-,28+,29+,30-;;;. The predicted molar refractivity (Wildman–Crippen MR) is 191 cm³/mol. The summed E-state index contributed by atoms with van der Waals surface area (Å²) in [5, 5.41) is 44.5. The number of nitrogens with one attached hydrogen (secondary N) is 2. The van der Waals surface area contributed by atoms with Crippen LogP contribution in [0, 0.1) is 11.8 Å². The van der Waals surface area contributed by atoms with Crippen molar-refractivity contribution in [2.24, 2.45) is 11.8 Å². The number of nitrogens with zero attached hydrogens (tertiary/aromatic N) is 5. The van der Waals surface area contributed by atoms with Crippen LogP contribution in [0.3, 0.4) is 0 Å². The molecule has 0 saturated heterocycles. The van der Waals surface area contributed by atoms with E-state index in [1.54, 1.807) is 6.92 Å². The van der Waals surface area contributed by atoms with E-state index >= 15 is 0 Å². The molecule has 4 rings (SSSR count). The number of aliphatic hydroxyl groups excluding tert-OH is 1. The molecule has 2 fully saturated rings. The number of amides is 2. The van der Waals surface area contributed by atoms with Crippen molar-refractivity contribution in [1.82, 2.24) is 15.6 Å². The summed E-state index contributed by atoms with van der Waals surface area (Å²) in [5.74, 6) is -0.954. The molecule has 0 spiro atoms. The fourth-order valence-corrected chi connectivity index (χ4v) is 7.36. The van der Waals surface area contributed by atoms with Crippen molar-refractivity contribution in [2.75, 3.05) is 19.8 Å². The number of carbonyl (C=O) groups excluding carboxylic acids is 2. The first kappa shape index (κ1) is 41.7. The molecule has 6 atom stereocenters. The third-order valence-electron chi connectivity index (χ3n) is 9.24. The number of fused-ring (bicyclic) bond motifs is 4. The number of unbranched alkanes of at least 4 members (excludes halogenated alkanes) is 1. The zero-order valence-electron chi connectivity index (χ0n) is 28.2. The second-order valence-corrected chi connectivity index (χ2v) is 15.9. The van der Waals surface area contributed by atoms with E-state index in [4.69, 9.17) is 46.4 Å². The third-order valence-corrected chi connectivity index (χ3v) is 10.0. The second-order valence-electron chi connectivity index (χ2n) is 12.9. The van der Waals surface area contributed by atoms with Crippen molar-refractivity contribution < 1.29 is 32.9 Å². The molecule has 11 nitrogen and oxygen atoms in total. The number of hydrogen-bond acceptors (Lipinski definition) is 6. The van der Waals surface area contributed by atoms with Gasteiger partial charge in [-0.25, -0.2) is 0 Å². The Labute approximate surface area is 306 Å². The van der Waals surface area contributed by atoms with Gasteiger partial charge in [0.05, 0.1) is 6.67 Å². The van der Waals surface area contributed by atoms with Gasteiger partial charge in [-0.3, -0.25) is 14.6 Å². The summed E-state index contributed by atoms with van der Waals surface area (Å²) in [5.41, 5.74) is 1.66. The fourth-order valence-electron chi connectivity index (χ4n) is 6.61. The summed E-state index contributed by atoms with van der Waals surface area (Å²) in [6.45, 7) is 6.24. The van der Waals surface area contributed by atoms with Gasteiger partial charge in [0.25, 0.3) is 5.24 Å². The van der Waals surface area contributed by atoms with Crippen LogP contribution in [0.1, 0.15) is 102 Å². The number of hydrogen-bond donors (Lipinski definition) is 4. The average Bonchev–Trinajstić information content (AvgIpc) is 3.07. The molecule has 2 heterocycles. The van der Waals surface area contributed by atoms with E-state index in [9.17, 15) is 19.8 Å². The molecule has 2 unspecified atom stereocenters. The summed E-state index contributed by atoms with van der Waals surface area (Å²) in [6, 6.07) is 4.72. The van der Waals surface area contributed by atoms with Crippen molar-refractivity contribution in [3.8, 4) is 0 Å². The fraction of sp³-hybridized carbons (Fsp3) is 0.788. The van der Waals surface area contributed by atoms with Crippen molar-refractivity contribution in [3.63, 3.8) is 0 Å². The van der Waals surface area contributed by atoms with Crippen LogP contribution in [-0.2, 0) is 31.0 Å². The molecule has 15 heteroatoms. The van der Waals surface area contributed by atoms with Crippen molar-refractivity contribution in [1.29, 1.82) is 0 Å². The molecule has 2 bridgehead atoms. The SMILES string of the molecule is CCCCC(CC(C)C(O)O)C(=O)NCNC(=O)Sc1cc2nc(c1)C[N-][C@@H]1CCCC[C@@H]1[N-]CC[N-][C@@H]1CCCC[C@@H]1[N-]C2.[Cl][Mn][Cl]. The van der Waals surface area contributed by atoms with Gasteiger partial charge in [-0.05, 0) is 36.7 Å². The number of thioether (sulfide) groups is 1. The van der Waals surface area contributed by atoms with Crippen LogP contribution in [0.15, 0.2) is 17.0 Å². The third kappa shape index (κ3) is 15.3. The normalized spacial score (nSPS) is 24.7. The molecule has 0 aromatic carbocycles. The van der Waals surface area contributed by atoms with Gasteiger partial charge in [-0.1, -0.05) is 78.1 Å². The first-order chi connectivity index (χ1) is 23.2. The molecule has 1 aromatic heterocycles. The monoisotopic (exact) mass is 768 g/mol. The number of halogens is 2. The van der Waals surface area contributed by atoms with Gasteiger partial charge in [0.15, 0.2) is 6.29 Å². The van der Waals surface area contributed by atoms with Crippen molar-refractivity contribution in [2.45, 2.75) is 139 Å². The van der Waals surface area contributed by atoms with Crippen LogP contribution in [0.25, 0.3) is 21.3 Å². The van der Waals surface area contributed by atoms with E-state index in [0.717, 1.165) is 79.7 Å². The molecule has 2 amide bonds. The zero-order valence-corrected chi connectivity index (χ0v) is 31.7. The molecular weight excluding hydrogens is 716 g/mol. The van der Waals surface area contributed by atoms with E-state index in [2.05, 4.69) is 17.6 Å². The maximum absolute atomic E-state index is 12.9. The minimum absolute atomic E-state index is 0.00203. The van der Waals surface area contributed by atoms with E-state index in [-0.39, 0.29) is 61.0 Å². The summed E-state index contributed by atoms with van der Waals surface area (Å²) in [7, 11) is 9.59. The Kier molecular flexibility index (Phi) is 20.6. The van der Waals surface area contributed by atoms with E-state index < -0.39 is 12.2 Å². The average molecular weight is 770 g/mol. The zero-order chi connectivity index (χ0) is 34.7. The molecule has 3 aliphatic rings. The van der Waals surface area contributed by atoms with E-state index in [0.29, 0.717) is 25.9 Å². The Morgan fingerprint density at radius 2 is 1.42 bits per heavy atom. The van der Waals surface area contributed by atoms with Gasteiger partial charge in [0.2, 0.25) is 5.91 Å². The quantitative estimate of drug-likeness (QED) is 0.109. The number of aromatic nitrogens is 1. The topological polar surface area (TPSA) is 168 Å². The van der Waals surface area contributed by atoms with Crippen LogP contribution in [-0.4, -0.2) is 76.6 Å². The minimum atomic E-state index is -1.46. The molecular formula is C33H53Cl2MnN7O4S-4. The van der Waals surface area contributed by atoms with E-state index in [1.807, 2.05) is 12.1 Å². The number of rotatable bonds is 10. The summed E-state index contributed by atoms with van der Waals surface area (Å²) in [6.07, 6.45) is 10.3. The molecule has 4 N–H and O–H groups in total. The van der Waals surface area contributed by atoms with Crippen LogP contribution in [0.5, 0.6) is 0 Å². The van der Waals surface area contributed by atoms with Crippen LogP contribution < -0.4 is 10.6 Å². The summed E-state index contributed by atoms with van der Waals surface area (Å²) >= 11 is 1.08. The molecule has 2 aliphatic carbocycles. The van der Waals surface area contributed by atoms with Crippen molar-refractivity contribution in [3.05, 3.63) is 44.8 Å². The van der Waals surface area contributed by atoms with Gasteiger partial charge >= 0.3 is 33.3 Å². The molecule has 1 aromatic rings. The van der Waals surface area contributed by atoms with Gasteiger partial charge in [-0.2, -0.15) is 37.3 Å². The Hall–Kier alpha value is -0.701. The Morgan fingerprint density at radius 3 is 1.90 bits per heavy atom. The first-order valence-corrected chi connectivity index (χ1v) is 21.4. The molecule has 0 radical (unpaired) electrons. The maximum atomic E-state index is 12.9. The van der Waals surface area contributed by atoms with Crippen LogP contribution in [0.2, 0.25) is 0 Å². The number of aliphatic hydroxyl groups is 2. The molecule has 275 valence electrons. The summed E-state index contributed by atoms with van der Waals surface area (Å²) < 4.78 is 0. The molecule has 48 heavy (non-hydrogen) atoms. The first-order valence-electron chi connectivity index (χ1n) is 17.4. The van der Waals surface area contributed by atoms with Crippen LogP contribution >= 0.6 is 32.0 Å². The van der Waals surface area contributed by atoms with Crippen molar-refractivity contribution >= 4 is 43.1 Å². The summed E-state index contributed by atoms with van der Waals surface area (Å²) in [4.78, 5) is 31.5. The number of carbonyl (C=O) groups is 2. The predicted octanol–water partition coefficient (Wildman–Crippen LogP) is 7.61. The number of pyridine rings is 1. The Balaban J connectivity index is 0.00000201. The Morgan fingerprint density at radius 1 is 0.917 bits per heavy atom.